The summed E-state index contributed by atoms with van der Waals surface area (Å²) >= 11 is 0. The molecular weight excluding hydrogens is 793 g/mol. The first kappa shape index (κ1) is 62.4. The van der Waals surface area contributed by atoms with Crippen LogP contribution in [-0.4, -0.2) is 37.2 Å². The predicted molar refractivity (Wildman–Crippen MR) is 275 cm³/mol. The van der Waals surface area contributed by atoms with E-state index < -0.39 is 6.10 Å². The molecule has 0 aliphatic rings. The molecule has 0 spiro atoms. The molecule has 6 heteroatoms. The highest BCUT2D eigenvalue weighted by atomic mass is 16.6. The molecule has 6 nitrogen and oxygen atoms in total. The molecule has 0 radical (unpaired) electrons. The van der Waals surface area contributed by atoms with E-state index in [9.17, 15) is 14.4 Å². The third-order valence-corrected chi connectivity index (χ3v) is 13.1. The lowest BCUT2D eigenvalue weighted by Crippen LogP contribution is -2.30. The third kappa shape index (κ3) is 51.4. The Kier molecular flexibility index (Phi) is 48.1. The summed E-state index contributed by atoms with van der Waals surface area (Å²) in [5.41, 5.74) is 0. The molecule has 0 bridgehead atoms. The maximum absolute atomic E-state index is 12.8. The average molecular weight is 906 g/mol. The summed E-state index contributed by atoms with van der Waals surface area (Å²) in [7, 11) is 0. The Morgan fingerprint density at radius 2 is 0.453 bits per heavy atom. The molecule has 0 saturated carbocycles. The van der Waals surface area contributed by atoms with Crippen molar-refractivity contribution in [1.82, 2.24) is 0 Å². The van der Waals surface area contributed by atoms with Crippen molar-refractivity contribution in [2.75, 3.05) is 13.2 Å². The van der Waals surface area contributed by atoms with Crippen molar-refractivity contribution in [3.8, 4) is 0 Å². The molecule has 0 aromatic heterocycles. The van der Waals surface area contributed by atoms with Gasteiger partial charge in [-0.1, -0.05) is 279 Å². The summed E-state index contributed by atoms with van der Waals surface area (Å²) < 4.78 is 16.9. The fourth-order valence-electron chi connectivity index (χ4n) is 8.82. The second kappa shape index (κ2) is 49.3. The molecule has 0 aromatic carbocycles. The lowest BCUT2D eigenvalue weighted by Gasteiger charge is -2.18. The monoisotopic (exact) mass is 905 g/mol. The van der Waals surface area contributed by atoms with E-state index >= 15 is 0 Å². The van der Waals surface area contributed by atoms with Crippen molar-refractivity contribution >= 4 is 17.9 Å². The Morgan fingerprint density at radius 1 is 0.266 bits per heavy atom. The summed E-state index contributed by atoms with van der Waals surface area (Å²) in [5, 5.41) is 0. The van der Waals surface area contributed by atoms with Gasteiger partial charge in [0.05, 0.1) is 0 Å². The van der Waals surface area contributed by atoms with Crippen molar-refractivity contribution in [1.29, 1.82) is 0 Å². The summed E-state index contributed by atoms with van der Waals surface area (Å²) in [6.45, 7) is 13.7. The number of unbranched alkanes of at least 4 members (excludes halogenated alkanes) is 34. The Morgan fingerprint density at radius 3 is 0.672 bits per heavy atom. The zero-order valence-corrected chi connectivity index (χ0v) is 44.1. The summed E-state index contributed by atoms with van der Waals surface area (Å²) in [4.78, 5) is 38.1. The molecule has 380 valence electrons. The van der Waals surface area contributed by atoms with E-state index in [0.717, 1.165) is 75.5 Å². The van der Waals surface area contributed by atoms with Crippen molar-refractivity contribution in [2.24, 2.45) is 17.8 Å². The Hall–Kier alpha value is -1.59. The Bertz CT molecular complexity index is 991. The SMILES string of the molecule is CC(C)CCCCCCCCCCCCCCCCCC(=O)OC[C@@H](COC(=O)CCCCCCCCCCCC(C)C)OC(=O)CCCCCCCCCCCCCCCC(C)C. The van der Waals surface area contributed by atoms with E-state index in [1.54, 1.807) is 0 Å². The van der Waals surface area contributed by atoms with Gasteiger partial charge in [-0.15, -0.1) is 0 Å². The number of hydrogen-bond donors (Lipinski definition) is 0. The van der Waals surface area contributed by atoms with Crippen LogP contribution < -0.4 is 0 Å². The van der Waals surface area contributed by atoms with Gasteiger partial charge in [0.1, 0.15) is 13.2 Å². The number of carbonyl (C=O) groups excluding carboxylic acids is 3. The molecule has 0 aliphatic carbocycles. The standard InChI is InChI=1S/C58H112O6/c1-52(2)44-38-32-26-20-15-11-8-7-9-13-17-23-29-35-41-47-56(59)62-50-55(51-63-57(60)48-42-36-30-25-19-22-28-34-40-46-54(5)6)64-58(61)49-43-37-31-24-18-14-10-12-16-21-27-33-39-45-53(3)4/h52-55H,7-51H2,1-6H3/t55-/m0/s1. The highest BCUT2D eigenvalue weighted by molar-refractivity contribution is 5.71. The van der Waals surface area contributed by atoms with Crippen molar-refractivity contribution in [3.05, 3.63) is 0 Å². The lowest BCUT2D eigenvalue weighted by atomic mass is 10.0. The summed E-state index contributed by atoms with van der Waals surface area (Å²) in [6, 6.07) is 0. The number of rotatable bonds is 51. The van der Waals surface area contributed by atoms with Gasteiger partial charge in [-0.05, 0) is 37.0 Å². The van der Waals surface area contributed by atoms with E-state index in [1.165, 1.54) is 199 Å². The molecule has 64 heavy (non-hydrogen) atoms. The molecule has 0 aromatic rings. The number of ether oxygens (including phenoxy) is 3. The van der Waals surface area contributed by atoms with Crippen molar-refractivity contribution < 1.29 is 28.6 Å². The topological polar surface area (TPSA) is 78.9 Å². The second-order valence-electron chi connectivity index (χ2n) is 21.4. The summed E-state index contributed by atoms with van der Waals surface area (Å²) in [5.74, 6) is 1.65. The predicted octanol–water partition coefficient (Wildman–Crippen LogP) is 18.7. The van der Waals surface area contributed by atoms with Crippen LogP contribution >= 0.6 is 0 Å². The van der Waals surface area contributed by atoms with E-state index in [-0.39, 0.29) is 31.1 Å². The normalized spacial score (nSPS) is 12.1. The maximum atomic E-state index is 12.8. The molecule has 0 rings (SSSR count). The van der Waals surface area contributed by atoms with Gasteiger partial charge in [0.25, 0.3) is 0 Å². The van der Waals surface area contributed by atoms with Gasteiger partial charge in [-0.2, -0.15) is 0 Å². The first-order valence-corrected chi connectivity index (χ1v) is 28.6. The number of carbonyl (C=O) groups is 3. The van der Waals surface area contributed by atoms with Gasteiger partial charge in [0, 0.05) is 19.3 Å². The molecule has 0 heterocycles. The summed E-state index contributed by atoms with van der Waals surface area (Å²) in [6.07, 6.45) is 51.0. The van der Waals surface area contributed by atoms with Crippen LogP contribution in [0.3, 0.4) is 0 Å². The molecule has 0 unspecified atom stereocenters. The molecular formula is C58H112O6. The zero-order chi connectivity index (χ0) is 47.0. The van der Waals surface area contributed by atoms with Gasteiger partial charge in [0.2, 0.25) is 0 Å². The minimum absolute atomic E-state index is 0.0637. The number of hydrogen-bond acceptors (Lipinski definition) is 6. The van der Waals surface area contributed by atoms with Crippen LogP contribution in [0.25, 0.3) is 0 Å². The van der Waals surface area contributed by atoms with Crippen molar-refractivity contribution in [3.63, 3.8) is 0 Å². The fraction of sp³-hybridized carbons (Fsp3) is 0.948. The zero-order valence-electron chi connectivity index (χ0n) is 44.1. The van der Waals surface area contributed by atoms with Crippen LogP contribution in [0.2, 0.25) is 0 Å². The van der Waals surface area contributed by atoms with Crippen LogP contribution in [-0.2, 0) is 28.6 Å². The van der Waals surface area contributed by atoms with Crippen LogP contribution in [0.5, 0.6) is 0 Å². The maximum Gasteiger partial charge on any atom is 0.306 e. The highest BCUT2D eigenvalue weighted by Gasteiger charge is 2.19. The molecule has 1 atom stereocenters. The van der Waals surface area contributed by atoms with Crippen LogP contribution in [0, 0.1) is 17.8 Å². The van der Waals surface area contributed by atoms with E-state index in [1.807, 2.05) is 0 Å². The molecule has 0 fully saturated rings. The smallest absolute Gasteiger partial charge is 0.306 e. The lowest BCUT2D eigenvalue weighted by molar-refractivity contribution is -0.167. The highest BCUT2D eigenvalue weighted by Crippen LogP contribution is 2.18. The third-order valence-electron chi connectivity index (χ3n) is 13.1. The first-order chi connectivity index (χ1) is 31.1. The minimum atomic E-state index is -0.763. The van der Waals surface area contributed by atoms with Gasteiger partial charge in [-0.3, -0.25) is 14.4 Å². The van der Waals surface area contributed by atoms with Gasteiger partial charge < -0.3 is 14.2 Å². The first-order valence-electron chi connectivity index (χ1n) is 28.6. The number of esters is 3. The molecule has 0 saturated heterocycles. The van der Waals surface area contributed by atoms with Crippen LogP contribution in [0.1, 0.15) is 318 Å². The van der Waals surface area contributed by atoms with Gasteiger partial charge in [0.15, 0.2) is 6.10 Å². The second-order valence-corrected chi connectivity index (χ2v) is 21.4. The van der Waals surface area contributed by atoms with E-state index in [0.29, 0.717) is 19.3 Å². The van der Waals surface area contributed by atoms with Gasteiger partial charge >= 0.3 is 17.9 Å². The van der Waals surface area contributed by atoms with E-state index in [4.69, 9.17) is 14.2 Å². The Labute approximate surface area is 399 Å². The molecule has 0 amide bonds. The quantitative estimate of drug-likeness (QED) is 0.0344. The average Bonchev–Trinajstić information content (AvgIpc) is 3.25. The van der Waals surface area contributed by atoms with Gasteiger partial charge in [-0.25, -0.2) is 0 Å². The largest absolute Gasteiger partial charge is 0.462 e. The molecule has 0 N–H and O–H groups in total. The van der Waals surface area contributed by atoms with Crippen molar-refractivity contribution in [2.45, 2.75) is 324 Å². The Balaban J connectivity index is 4.28. The minimum Gasteiger partial charge on any atom is -0.462 e. The van der Waals surface area contributed by atoms with E-state index in [2.05, 4.69) is 41.5 Å². The fourth-order valence-corrected chi connectivity index (χ4v) is 8.82. The van der Waals surface area contributed by atoms with Crippen LogP contribution in [0.4, 0.5) is 0 Å². The molecule has 0 aliphatic heterocycles. The van der Waals surface area contributed by atoms with Crippen LogP contribution in [0.15, 0.2) is 0 Å².